The zero-order chi connectivity index (χ0) is 14.4. The van der Waals surface area contributed by atoms with Crippen LogP contribution in [0.4, 0.5) is 0 Å². The van der Waals surface area contributed by atoms with Gasteiger partial charge in [-0.05, 0) is 37.7 Å². The molecule has 2 rings (SSSR count). The second-order valence-electron chi connectivity index (χ2n) is 5.77. The first-order valence-electron chi connectivity index (χ1n) is 7.45. The molecule has 1 aliphatic rings. The first-order valence-corrected chi connectivity index (χ1v) is 7.45. The van der Waals surface area contributed by atoms with Crippen LogP contribution in [0, 0.1) is 5.92 Å². The van der Waals surface area contributed by atoms with Crippen LogP contribution >= 0.6 is 0 Å². The molecule has 0 spiro atoms. The predicted molar refractivity (Wildman–Crippen MR) is 85.5 cm³/mol. The third-order valence-corrected chi connectivity index (χ3v) is 3.68. The predicted octanol–water partition coefficient (Wildman–Crippen LogP) is 1.55. The Morgan fingerprint density at radius 2 is 2.10 bits per heavy atom. The van der Waals surface area contributed by atoms with E-state index in [1.807, 2.05) is 25.1 Å². The van der Waals surface area contributed by atoms with E-state index in [2.05, 4.69) is 22.8 Å². The van der Waals surface area contributed by atoms with Crippen LogP contribution in [-0.4, -0.2) is 31.1 Å². The van der Waals surface area contributed by atoms with Gasteiger partial charge in [0.05, 0.1) is 6.04 Å². The number of carbonyl (C=O) groups is 1. The van der Waals surface area contributed by atoms with Crippen LogP contribution < -0.4 is 16.4 Å². The quantitative estimate of drug-likeness (QED) is 0.676. The Morgan fingerprint density at radius 3 is 2.75 bits per heavy atom. The van der Waals surface area contributed by atoms with Crippen molar-refractivity contribution in [2.24, 2.45) is 11.7 Å². The molecule has 0 heterocycles. The third kappa shape index (κ3) is 5.31. The second kappa shape index (κ2) is 7.41. The number of hydrogen-bond donors (Lipinski definition) is 3. The van der Waals surface area contributed by atoms with E-state index >= 15 is 0 Å². The van der Waals surface area contributed by atoms with Crippen LogP contribution in [0.3, 0.4) is 0 Å². The van der Waals surface area contributed by atoms with Gasteiger partial charge in [0.25, 0.3) is 0 Å². The van der Waals surface area contributed by atoms with Gasteiger partial charge in [0, 0.05) is 22.0 Å². The molecule has 0 saturated heterocycles. The number of amides is 1. The van der Waals surface area contributed by atoms with Crippen molar-refractivity contribution in [2.45, 2.75) is 38.3 Å². The summed E-state index contributed by atoms with van der Waals surface area (Å²) in [6.07, 6.45) is 3.33. The topological polar surface area (TPSA) is 67.1 Å². The highest BCUT2D eigenvalue weighted by Gasteiger charge is 2.22. The number of nitrogens with one attached hydrogen (secondary N) is 2. The Kier molecular flexibility index (Phi) is 5.56. The van der Waals surface area contributed by atoms with Crippen molar-refractivity contribution in [2.75, 3.05) is 13.1 Å². The van der Waals surface area contributed by atoms with E-state index in [1.54, 1.807) is 0 Å². The van der Waals surface area contributed by atoms with Gasteiger partial charge in [0.15, 0.2) is 0 Å². The zero-order valence-corrected chi connectivity index (χ0v) is 12.1. The minimum atomic E-state index is -0.185. The lowest BCUT2D eigenvalue weighted by Crippen LogP contribution is -2.47. The molecule has 4 N–H and O–H groups in total. The molecule has 4 nitrogen and oxygen atoms in total. The molecule has 1 aromatic carbocycles. The third-order valence-electron chi connectivity index (χ3n) is 3.68. The number of nitrogens with two attached hydrogens (primary N) is 1. The molecule has 2 atom stereocenters. The van der Waals surface area contributed by atoms with Crippen LogP contribution in [0.25, 0.3) is 0 Å². The maximum atomic E-state index is 11.8. The molecule has 1 aliphatic carbocycles. The summed E-state index contributed by atoms with van der Waals surface area (Å²) in [5.41, 5.74) is 7.32. The fourth-order valence-corrected chi connectivity index (χ4v) is 2.13. The Balaban J connectivity index is 0.00000220. The Morgan fingerprint density at radius 1 is 1.40 bits per heavy atom. The molecule has 20 heavy (non-hydrogen) atoms. The number of rotatable bonds is 8. The highest BCUT2D eigenvalue weighted by atomic mass is 16.2. The minimum absolute atomic E-state index is 0. The monoisotopic (exact) mass is 279 g/mol. The lowest BCUT2D eigenvalue weighted by atomic mass is 10.1. The molecule has 0 unspecified atom stereocenters. The Labute approximate surface area is 124 Å². The van der Waals surface area contributed by atoms with Crippen molar-refractivity contribution >= 4 is 5.91 Å². The largest absolute Gasteiger partial charge is 0.354 e. The molecule has 0 radical (unpaired) electrons. The van der Waals surface area contributed by atoms with Crippen LogP contribution in [0.5, 0.6) is 0 Å². The zero-order valence-electron chi connectivity index (χ0n) is 12.1. The standard InChI is InChI=1S/C16H25N3O.2H2/c1-12(16(20)19-10-14-7-8-14)18-11-15(17)9-13-5-3-2-4-6-13;;/h2-6,12,14-15,18H,7-11,17H2,1H3,(H,19,20);2*1H/t12-,15-;;/m0../s1. The van der Waals surface area contributed by atoms with E-state index in [0.29, 0.717) is 12.5 Å². The summed E-state index contributed by atoms with van der Waals surface area (Å²) in [5.74, 6) is 0.787. The highest BCUT2D eigenvalue weighted by Crippen LogP contribution is 2.27. The summed E-state index contributed by atoms with van der Waals surface area (Å²) in [7, 11) is 0. The summed E-state index contributed by atoms with van der Waals surface area (Å²) in [6, 6.07) is 10.0. The first-order chi connectivity index (χ1) is 9.65. The van der Waals surface area contributed by atoms with Crippen LogP contribution in [0.1, 0.15) is 28.2 Å². The smallest absolute Gasteiger partial charge is 0.236 e. The number of hydrogen-bond acceptors (Lipinski definition) is 3. The van der Waals surface area contributed by atoms with Crippen molar-refractivity contribution in [3.8, 4) is 0 Å². The van der Waals surface area contributed by atoms with Crippen molar-refractivity contribution < 1.29 is 7.65 Å². The maximum absolute atomic E-state index is 11.8. The molecule has 0 aromatic heterocycles. The molecule has 1 aromatic rings. The Bertz CT molecular complexity index is 427. The lowest BCUT2D eigenvalue weighted by molar-refractivity contribution is -0.122. The van der Waals surface area contributed by atoms with E-state index < -0.39 is 0 Å². The van der Waals surface area contributed by atoms with Crippen LogP contribution in [-0.2, 0) is 11.2 Å². The van der Waals surface area contributed by atoms with Gasteiger partial charge in [-0.15, -0.1) is 0 Å². The van der Waals surface area contributed by atoms with Gasteiger partial charge < -0.3 is 16.4 Å². The molecule has 0 aliphatic heterocycles. The van der Waals surface area contributed by atoms with Crippen LogP contribution in [0.15, 0.2) is 30.3 Å². The summed E-state index contributed by atoms with van der Waals surface area (Å²) >= 11 is 0. The van der Waals surface area contributed by atoms with Gasteiger partial charge in [0.1, 0.15) is 0 Å². The summed E-state index contributed by atoms with van der Waals surface area (Å²) < 4.78 is 0. The molecular weight excluding hydrogens is 250 g/mol. The van der Waals surface area contributed by atoms with E-state index in [4.69, 9.17) is 5.73 Å². The second-order valence-corrected chi connectivity index (χ2v) is 5.77. The average molecular weight is 279 g/mol. The molecule has 4 heteroatoms. The summed E-state index contributed by atoms with van der Waals surface area (Å²) in [6.45, 7) is 3.35. The number of carbonyl (C=O) groups excluding carboxylic acids is 1. The Hall–Kier alpha value is -1.39. The molecule has 1 amide bonds. The van der Waals surface area contributed by atoms with Gasteiger partial charge in [-0.25, -0.2) is 0 Å². The average Bonchev–Trinajstić information content (AvgIpc) is 3.27. The highest BCUT2D eigenvalue weighted by molar-refractivity contribution is 5.81. The summed E-state index contributed by atoms with van der Waals surface area (Å²) in [5, 5.41) is 6.19. The SMILES string of the molecule is C[C@H](NC[C@@H](N)Cc1ccccc1)C(=O)NCC1CC1.[HH].[HH]. The fraction of sp³-hybridized carbons (Fsp3) is 0.562. The first kappa shape index (κ1) is 15.0. The van der Waals surface area contributed by atoms with E-state index in [9.17, 15) is 4.79 Å². The molecule has 1 fully saturated rings. The van der Waals surface area contributed by atoms with Crippen molar-refractivity contribution in [3.63, 3.8) is 0 Å². The van der Waals surface area contributed by atoms with Gasteiger partial charge in [-0.1, -0.05) is 30.3 Å². The van der Waals surface area contributed by atoms with Gasteiger partial charge in [0.2, 0.25) is 5.91 Å². The fourth-order valence-electron chi connectivity index (χ4n) is 2.13. The van der Waals surface area contributed by atoms with E-state index in [0.717, 1.165) is 13.0 Å². The van der Waals surface area contributed by atoms with E-state index in [-0.39, 0.29) is 20.8 Å². The number of benzene rings is 1. The van der Waals surface area contributed by atoms with Crippen LogP contribution in [0.2, 0.25) is 0 Å². The summed E-state index contributed by atoms with van der Waals surface area (Å²) in [4.78, 5) is 11.8. The van der Waals surface area contributed by atoms with Crippen molar-refractivity contribution in [1.29, 1.82) is 0 Å². The lowest BCUT2D eigenvalue weighted by Gasteiger charge is -2.17. The van der Waals surface area contributed by atoms with Crippen molar-refractivity contribution in [3.05, 3.63) is 35.9 Å². The van der Waals surface area contributed by atoms with Crippen molar-refractivity contribution in [1.82, 2.24) is 10.6 Å². The van der Waals surface area contributed by atoms with E-state index in [1.165, 1.54) is 18.4 Å². The normalized spacial score (nSPS) is 17.5. The van der Waals surface area contributed by atoms with Gasteiger partial charge in [-0.3, -0.25) is 4.79 Å². The molecule has 1 saturated carbocycles. The van der Waals surface area contributed by atoms with Gasteiger partial charge >= 0.3 is 0 Å². The maximum Gasteiger partial charge on any atom is 0.236 e. The van der Waals surface area contributed by atoms with Gasteiger partial charge in [-0.2, -0.15) is 0 Å². The molecular formula is C16H29N3O. The minimum Gasteiger partial charge on any atom is -0.354 e. The molecule has 0 bridgehead atoms. The molecule has 114 valence electrons.